The van der Waals surface area contributed by atoms with E-state index in [4.69, 9.17) is 19.4 Å². The molecule has 9 heteroatoms. The van der Waals surface area contributed by atoms with Crippen molar-refractivity contribution < 1.29 is 9.47 Å². The van der Waals surface area contributed by atoms with Gasteiger partial charge in [-0.05, 0) is 44.9 Å². The number of hydrogen-bond donors (Lipinski definition) is 1. The lowest BCUT2D eigenvalue weighted by molar-refractivity contribution is -0.000372. The molecule has 0 amide bonds. The maximum Gasteiger partial charge on any atom is 0.227 e. The Bertz CT molecular complexity index is 1430. The largest absolute Gasteiger partial charge is 0.495 e. The molecule has 0 saturated carbocycles. The molecular formula is C27H31N7O2. The molecule has 1 aromatic carbocycles. The van der Waals surface area contributed by atoms with E-state index in [2.05, 4.69) is 24.8 Å². The number of pyridine rings is 1. The number of nitrogens with one attached hydrogen (secondary N) is 1. The molecule has 3 aromatic heterocycles. The van der Waals surface area contributed by atoms with E-state index in [1.807, 2.05) is 57.6 Å². The van der Waals surface area contributed by atoms with Crippen LogP contribution < -0.4 is 15.0 Å². The molecule has 0 unspecified atom stereocenters. The zero-order valence-electron chi connectivity index (χ0n) is 21.2. The van der Waals surface area contributed by atoms with E-state index in [-0.39, 0.29) is 0 Å². The van der Waals surface area contributed by atoms with Crippen LogP contribution in [-0.4, -0.2) is 57.9 Å². The number of methoxy groups -OCH3 is 1. The van der Waals surface area contributed by atoms with Crippen molar-refractivity contribution in [1.29, 1.82) is 0 Å². The van der Waals surface area contributed by atoms with Gasteiger partial charge >= 0.3 is 0 Å². The number of ether oxygens (including phenoxy) is 2. The Morgan fingerprint density at radius 3 is 2.56 bits per heavy atom. The summed E-state index contributed by atoms with van der Waals surface area (Å²) >= 11 is 0. The van der Waals surface area contributed by atoms with Gasteiger partial charge in [-0.1, -0.05) is 6.07 Å². The highest BCUT2D eigenvalue weighted by molar-refractivity contribution is 5.90. The molecule has 0 atom stereocenters. The molecule has 2 aliphatic heterocycles. The van der Waals surface area contributed by atoms with Crippen molar-refractivity contribution in [3.05, 3.63) is 48.2 Å². The van der Waals surface area contributed by atoms with Crippen LogP contribution in [0.2, 0.25) is 0 Å². The Labute approximate surface area is 210 Å². The first-order valence-electron chi connectivity index (χ1n) is 12.4. The predicted molar refractivity (Wildman–Crippen MR) is 140 cm³/mol. The Hall–Kier alpha value is -3.72. The smallest absolute Gasteiger partial charge is 0.227 e. The molecule has 9 nitrogen and oxygen atoms in total. The fourth-order valence-corrected chi connectivity index (χ4v) is 5.31. The van der Waals surface area contributed by atoms with Crippen LogP contribution in [0.4, 0.5) is 17.5 Å². The molecule has 6 rings (SSSR count). The van der Waals surface area contributed by atoms with E-state index in [0.29, 0.717) is 17.1 Å². The second-order valence-corrected chi connectivity index (χ2v) is 9.98. The molecule has 1 N–H and O–H groups in total. The number of rotatable bonds is 5. The minimum absolute atomic E-state index is 0.353. The van der Waals surface area contributed by atoms with Crippen LogP contribution in [0.15, 0.2) is 36.7 Å². The molecule has 2 aliphatic rings. The minimum Gasteiger partial charge on any atom is -0.495 e. The van der Waals surface area contributed by atoms with E-state index in [0.717, 1.165) is 84.3 Å². The lowest BCUT2D eigenvalue weighted by Gasteiger charge is -2.52. The van der Waals surface area contributed by atoms with Gasteiger partial charge in [0.25, 0.3) is 0 Å². The van der Waals surface area contributed by atoms with Crippen LogP contribution in [0, 0.1) is 19.3 Å². The second kappa shape index (κ2) is 8.74. The maximum absolute atomic E-state index is 5.70. The molecule has 0 bridgehead atoms. The highest BCUT2D eigenvalue weighted by atomic mass is 16.5. The van der Waals surface area contributed by atoms with E-state index >= 15 is 0 Å². The summed E-state index contributed by atoms with van der Waals surface area (Å²) in [6.07, 6.45) is 5.97. The molecular weight excluding hydrogens is 454 g/mol. The summed E-state index contributed by atoms with van der Waals surface area (Å²) in [7, 11) is 3.68. The summed E-state index contributed by atoms with van der Waals surface area (Å²) in [5.74, 6) is 3.11. The molecule has 4 aromatic rings. The van der Waals surface area contributed by atoms with Gasteiger partial charge in [-0.2, -0.15) is 0 Å². The van der Waals surface area contributed by atoms with Crippen LogP contribution in [0.1, 0.15) is 24.4 Å². The van der Waals surface area contributed by atoms with Crippen LogP contribution in [0.25, 0.3) is 22.2 Å². The molecule has 0 radical (unpaired) electrons. The number of fused-ring (bicyclic) bond motifs is 1. The molecule has 2 saturated heterocycles. The highest BCUT2D eigenvalue weighted by Gasteiger charge is 2.45. The summed E-state index contributed by atoms with van der Waals surface area (Å²) in [6.45, 7) is 7.71. The van der Waals surface area contributed by atoms with Crippen molar-refractivity contribution in [2.45, 2.75) is 26.7 Å². The van der Waals surface area contributed by atoms with Crippen LogP contribution in [0.5, 0.6) is 5.75 Å². The van der Waals surface area contributed by atoms with Gasteiger partial charge < -0.3 is 24.3 Å². The normalized spacial score (nSPS) is 16.8. The number of aryl methyl sites for hydroxylation is 2. The number of imidazole rings is 1. The summed E-state index contributed by atoms with van der Waals surface area (Å²) in [5.41, 5.74) is 5.04. The Balaban J connectivity index is 1.30. The van der Waals surface area contributed by atoms with Gasteiger partial charge in [0.15, 0.2) is 5.82 Å². The van der Waals surface area contributed by atoms with Gasteiger partial charge in [0.2, 0.25) is 5.95 Å². The molecule has 36 heavy (non-hydrogen) atoms. The van der Waals surface area contributed by atoms with Crippen LogP contribution >= 0.6 is 0 Å². The fraction of sp³-hybridized carbons (Fsp3) is 0.407. The quantitative estimate of drug-likeness (QED) is 0.445. The Kier molecular flexibility index (Phi) is 5.52. The highest BCUT2D eigenvalue weighted by Crippen LogP contribution is 2.43. The zero-order chi connectivity index (χ0) is 24.9. The lowest BCUT2D eigenvalue weighted by Crippen LogP contribution is -2.59. The van der Waals surface area contributed by atoms with Crippen molar-refractivity contribution in [3.8, 4) is 17.0 Å². The van der Waals surface area contributed by atoms with E-state index in [1.54, 1.807) is 7.11 Å². The second-order valence-electron chi connectivity index (χ2n) is 9.98. The average Bonchev–Trinajstić information content (AvgIpc) is 3.21. The topological polar surface area (TPSA) is 90.2 Å². The monoisotopic (exact) mass is 485 g/mol. The Morgan fingerprint density at radius 2 is 1.83 bits per heavy atom. The summed E-state index contributed by atoms with van der Waals surface area (Å²) in [5, 5.41) is 4.35. The third-order valence-electron chi connectivity index (χ3n) is 7.55. The molecule has 5 heterocycles. The van der Waals surface area contributed by atoms with Gasteiger partial charge in [0.1, 0.15) is 17.1 Å². The molecule has 1 spiro atoms. The summed E-state index contributed by atoms with van der Waals surface area (Å²) in [4.78, 5) is 21.1. The lowest BCUT2D eigenvalue weighted by atomic mass is 9.73. The van der Waals surface area contributed by atoms with Crippen LogP contribution in [-0.2, 0) is 11.8 Å². The minimum atomic E-state index is 0.353. The number of nitrogens with zero attached hydrogens (tertiary/aromatic N) is 6. The SMILES string of the molecule is COc1cc(-c2cnc(C)n2C)ccc1Nc1ncc2cc(C)nc(N3CC4(CCOCC4)C3)c2n1. The molecule has 186 valence electrons. The standard InChI is InChI=1S/C27H31N7O2/c1-17-11-20-13-29-26(32-24(20)25(30-17)34-15-27(16-34)7-9-36-10-8-27)31-21-6-5-19(12-23(21)35-4)22-14-28-18(2)33(22)3/h5-6,11-14H,7-10,15-16H2,1-4H3,(H,29,31,32). The molecule has 2 fully saturated rings. The number of hydrogen-bond acceptors (Lipinski definition) is 8. The molecule has 0 aliphatic carbocycles. The third-order valence-corrected chi connectivity index (χ3v) is 7.55. The average molecular weight is 486 g/mol. The number of benzene rings is 1. The number of aromatic nitrogens is 5. The van der Waals surface area contributed by atoms with Gasteiger partial charge in [-0.3, -0.25) is 0 Å². The fourth-order valence-electron chi connectivity index (χ4n) is 5.31. The predicted octanol–water partition coefficient (Wildman–Crippen LogP) is 4.41. The van der Waals surface area contributed by atoms with Crippen molar-refractivity contribution in [3.63, 3.8) is 0 Å². The zero-order valence-corrected chi connectivity index (χ0v) is 21.2. The first-order chi connectivity index (χ1) is 17.4. The van der Waals surface area contributed by atoms with Gasteiger partial charge in [0.05, 0.1) is 24.7 Å². The van der Waals surface area contributed by atoms with Crippen LogP contribution in [0.3, 0.4) is 0 Å². The van der Waals surface area contributed by atoms with Crippen molar-refractivity contribution in [2.24, 2.45) is 12.5 Å². The summed E-state index contributed by atoms with van der Waals surface area (Å²) < 4.78 is 13.3. The van der Waals surface area contributed by atoms with Crippen molar-refractivity contribution >= 4 is 28.4 Å². The first-order valence-corrected chi connectivity index (χ1v) is 12.4. The van der Waals surface area contributed by atoms with Crippen molar-refractivity contribution in [1.82, 2.24) is 24.5 Å². The first kappa shape index (κ1) is 22.7. The van der Waals surface area contributed by atoms with E-state index in [9.17, 15) is 0 Å². The third kappa shape index (κ3) is 3.93. The van der Waals surface area contributed by atoms with E-state index < -0.39 is 0 Å². The maximum atomic E-state index is 5.70. The summed E-state index contributed by atoms with van der Waals surface area (Å²) in [6, 6.07) is 8.08. The van der Waals surface area contributed by atoms with Gasteiger partial charge in [-0.15, -0.1) is 0 Å². The number of anilines is 3. The van der Waals surface area contributed by atoms with E-state index in [1.165, 1.54) is 0 Å². The Morgan fingerprint density at radius 1 is 1.03 bits per heavy atom. The van der Waals surface area contributed by atoms with Gasteiger partial charge in [-0.25, -0.2) is 19.9 Å². The van der Waals surface area contributed by atoms with Gasteiger partial charge in [0, 0.05) is 61.6 Å². The van der Waals surface area contributed by atoms with Crippen molar-refractivity contribution in [2.75, 3.05) is 43.6 Å².